The average molecular weight is 744 g/mol. The summed E-state index contributed by atoms with van der Waals surface area (Å²) < 4.78 is 0. The normalized spacial score (nSPS) is 18.9. The molecule has 7 aromatic rings. The van der Waals surface area contributed by atoms with Crippen molar-refractivity contribution in [3.8, 4) is 22.3 Å². The van der Waals surface area contributed by atoms with E-state index in [1.165, 1.54) is 116 Å². The summed E-state index contributed by atoms with van der Waals surface area (Å²) >= 11 is 0. The van der Waals surface area contributed by atoms with Gasteiger partial charge in [-0.05, 0) is 140 Å². The maximum absolute atomic E-state index is 2.51. The van der Waals surface area contributed by atoms with Gasteiger partial charge in [0.1, 0.15) is 0 Å². The molecule has 0 radical (unpaired) electrons. The van der Waals surface area contributed by atoms with Gasteiger partial charge in [-0.15, -0.1) is 0 Å². The lowest BCUT2D eigenvalue weighted by molar-refractivity contribution is 0.550. The van der Waals surface area contributed by atoms with Gasteiger partial charge in [-0.1, -0.05) is 164 Å². The van der Waals surface area contributed by atoms with Crippen molar-refractivity contribution in [3.05, 3.63) is 232 Å². The van der Waals surface area contributed by atoms with Gasteiger partial charge in [0.05, 0.1) is 0 Å². The minimum Gasteiger partial charge on any atom is -0.310 e. The second-order valence-electron chi connectivity index (χ2n) is 17.0. The molecule has 2 bridgehead atoms. The van der Waals surface area contributed by atoms with Gasteiger partial charge in [0.15, 0.2) is 0 Å². The number of allylic oxidation sites excluding steroid dienone is 4. The highest BCUT2D eigenvalue weighted by atomic mass is 15.1. The predicted octanol–water partition coefficient (Wildman–Crippen LogP) is 15.1. The fourth-order valence-electron chi connectivity index (χ4n) is 11.5. The molecule has 0 N–H and O–H groups in total. The van der Waals surface area contributed by atoms with Crippen LogP contribution in [0.2, 0.25) is 0 Å². The van der Waals surface area contributed by atoms with Gasteiger partial charge in [-0.2, -0.15) is 0 Å². The largest absolute Gasteiger partial charge is 0.310 e. The van der Waals surface area contributed by atoms with Crippen LogP contribution in [0.3, 0.4) is 0 Å². The van der Waals surface area contributed by atoms with E-state index in [1.807, 2.05) is 0 Å². The van der Waals surface area contributed by atoms with Gasteiger partial charge < -0.3 is 4.90 Å². The van der Waals surface area contributed by atoms with Crippen LogP contribution in [0.1, 0.15) is 94.9 Å². The van der Waals surface area contributed by atoms with Crippen LogP contribution in [-0.2, 0) is 5.41 Å². The molecule has 1 heteroatoms. The fourth-order valence-corrected chi connectivity index (χ4v) is 11.5. The molecule has 1 nitrogen and oxygen atoms in total. The van der Waals surface area contributed by atoms with Crippen molar-refractivity contribution in [2.45, 2.75) is 55.8 Å². The standard InChI is InChI=1S/C57H45N/c1-3-13-42(14-4-1)58(43-15-5-2-6-16-43)44-29-32-46-45-30-25-39(35-53(45)57(54(46)37-44)33-11-12-34-57)22-21-38-23-26-40(27-24-38)41-28-31-51-52(36-41)56-49-19-9-7-17-47(49)55(51)48-18-8-10-20-50(48)56/h1-7,9-10,13-17,19-32,35-37,55-56H,8,11-12,18,33-34H2/b22-21+. The molecule has 13 rings (SSSR count). The molecule has 58 heavy (non-hydrogen) atoms. The van der Waals surface area contributed by atoms with Crippen molar-refractivity contribution in [3.63, 3.8) is 0 Å². The van der Waals surface area contributed by atoms with E-state index in [4.69, 9.17) is 0 Å². The first-order chi connectivity index (χ1) is 28.7. The van der Waals surface area contributed by atoms with Crippen molar-refractivity contribution in [1.29, 1.82) is 0 Å². The van der Waals surface area contributed by atoms with E-state index in [9.17, 15) is 0 Å². The Morgan fingerprint density at radius 1 is 0.483 bits per heavy atom. The Labute approximate surface area is 342 Å². The Kier molecular flexibility index (Phi) is 7.73. The topological polar surface area (TPSA) is 3.24 Å². The summed E-state index contributed by atoms with van der Waals surface area (Å²) in [4.78, 5) is 2.40. The van der Waals surface area contributed by atoms with Crippen LogP contribution in [0, 0.1) is 0 Å². The zero-order chi connectivity index (χ0) is 38.2. The second kappa shape index (κ2) is 13.3. The molecule has 0 amide bonds. The Balaban J connectivity index is 0.836. The molecule has 0 heterocycles. The zero-order valence-corrected chi connectivity index (χ0v) is 32.7. The van der Waals surface area contributed by atoms with Crippen LogP contribution < -0.4 is 4.90 Å². The van der Waals surface area contributed by atoms with Gasteiger partial charge in [-0.3, -0.25) is 0 Å². The fraction of sp³-hybridized carbons (Fsp3) is 0.158. The molecule has 1 saturated carbocycles. The summed E-state index contributed by atoms with van der Waals surface area (Å²) in [7, 11) is 0. The molecule has 278 valence electrons. The van der Waals surface area contributed by atoms with Crippen molar-refractivity contribution in [2.24, 2.45) is 0 Å². The quantitative estimate of drug-likeness (QED) is 0.153. The Bertz CT molecular complexity index is 2790. The van der Waals surface area contributed by atoms with Crippen LogP contribution >= 0.6 is 0 Å². The van der Waals surface area contributed by atoms with E-state index in [0.29, 0.717) is 11.8 Å². The van der Waals surface area contributed by atoms with E-state index in [-0.39, 0.29) is 5.41 Å². The maximum Gasteiger partial charge on any atom is 0.0465 e. The van der Waals surface area contributed by atoms with Crippen LogP contribution in [0.15, 0.2) is 187 Å². The van der Waals surface area contributed by atoms with E-state index < -0.39 is 0 Å². The van der Waals surface area contributed by atoms with Gasteiger partial charge in [0.2, 0.25) is 0 Å². The Hall–Kier alpha value is -6.44. The third kappa shape index (κ3) is 5.16. The van der Waals surface area contributed by atoms with Gasteiger partial charge >= 0.3 is 0 Å². The van der Waals surface area contributed by atoms with Crippen molar-refractivity contribution >= 4 is 29.2 Å². The number of fused-ring (bicyclic) bond motifs is 5. The molecule has 1 fully saturated rings. The van der Waals surface area contributed by atoms with E-state index in [2.05, 4.69) is 193 Å². The summed E-state index contributed by atoms with van der Waals surface area (Å²) in [6.07, 6.45) is 16.7. The molecule has 6 aliphatic rings. The zero-order valence-electron chi connectivity index (χ0n) is 32.7. The smallest absolute Gasteiger partial charge is 0.0465 e. The van der Waals surface area contributed by atoms with Crippen LogP contribution in [-0.4, -0.2) is 0 Å². The molecule has 2 unspecified atom stereocenters. The van der Waals surface area contributed by atoms with E-state index in [1.54, 1.807) is 11.1 Å². The molecule has 0 aliphatic heterocycles. The van der Waals surface area contributed by atoms with E-state index >= 15 is 0 Å². The monoisotopic (exact) mass is 743 g/mol. The van der Waals surface area contributed by atoms with Crippen molar-refractivity contribution in [1.82, 2.24) is 0 Å². The summed E-state index contributed by atoms with van der Waals surface area (Å²) in [5, 5.41) is 0. The highest BCUT2D eigenvalue weighted by molar-refractivity contribution is 5.87. The van der Waals surface area contributed by atoms with Crippen LogP contribution in [0.5, 0.6) is 0 Å². The number of nitrogens with zero attached hydrogens (tertiary/aromatic N) is 1. The number of hydrogen-bond donors (Lipinski definition) is 0. The lowest BCUT2D eigenvalue weighted by Crippen LogP contribution is -2.28. The van der Waals surface area contributed by atoms with Crippen LogP contribution in [0.25, 0.3) is 34.4 Å². The van der Waals surface area contributed by atoms with E-state index in [0.717, 1.165) is 6.42 Å². The van der Waals surface area contributed by atoms with Crippen molar-refractivity contribution < 1.29 is 0 Å². The summed E-state index contributed by atoms with van der Waals surface area (Å²) in [5.74, 6) is 0.741. The van der Waals surface area contributed by atoms with Gasteiger partial charge in [0, 0.05) is 34.3 Å². The molecule has 0 saturated heterocycles. The number of benzene rings is 7. The molecular weight excluding hydrogens is 699 g/mol. The molecule has 1 spiro atoms. The molecular formula is C57H45N. The molecule has 6 aliphatic carbocycles. The summed E-state index contributed by atoms with van der Waals surface area (Å²) in [6.45, 7) is 0. The third-order valence-corrected chi connectivity index (χ3v) is 14.1. The SMILES string of the molecule is C1=CC2=C(CC1)C1c3ccccc3C2c2cc(-c3ccc(/C=C/c4ccc5c(c4)C4(CCCC4)c4cc(N(c6ccccc6)c6ccccc6)ccc4-5)cc3)ccc21. The first-order valence-electron chi connectivity index (χ1n) is 21.3. The third-order valence-electron chi connectivity index (χ3n) is 14.1. The van der Waals surface area contributed by atoms with Crippen molar-refractivity contribution in [2.75, 3.05) is 4.90 Å². The highest BCUT2D eigenvalue weighted by Crippen LogP contribution is 2.59. The summed E-state index contributed by atoms with van der Waals surface area (Å²) in [5.41, 5.74) is 23.8. The number of hydrogen-bond acceptors (Lipinski definition) is 1. The van der Waals surface area contributed by atoms with Gasteiger partial charge in [0.25, 0.3) is 0 Å². The predicted molar refractivity (Wildman–Crippen MR) is 242 cm³/mol. The molecule has 2 atom stereocenters. The average Bonchev–Trinajstić information content (AvgIpc) is 3.89. The molecule has 7 aromatic carbocycles. The number of rotatable bonds is 6. The number of anilines is 3. The number of para-hydroxylation sites is 2. The lowest BCUT2D eigenvalue weighted by Gasteiger charge is -2.44. The first kappa shape index (κ1) is 33.7. The first-order valence-corrected chi connectivity index (χ1v) is 21.3. The maximum atomic E-state index is 2.51. The molecule has 0 aromatic heterocycles. The Morgan fingerprint density at radius 3 is 1.83 bits per heavy atom. The summed E-state index contributed by atoms with van der Waals surface area (Å²) in [6, 6.07) is 61.6. The van der Waals surface area contributed by atoms with Gasteiger partial charge in [-0.25, -0.2) is 0 Å². The minimum absolute atomic E-state index is 0.0626. The minimum atomic E-state index is 0.0626. The Morgan fingerprint density at radius 2 is 1.09 bits per heavy atom. The highest BCUT2D eigenvalue weighted by Gasteiger charge is 2.46. The lowest BCUT2D eigenvalue weighted by atomic mass is 9.59. The second-order valence-corrected chi connectivity index (χ2v) is 17.0. The van der Waals surface area contributed by atoms with Crippen LogP contribution in [0.4, 0.5) is 17.1 Å².